The first kappa shape index (κ1) is 23.3. The summed E-state index contributed by atoms with van der Waals surface area (Å²) >= 11 is 8.89. The maximum Gasteiger partial charge on any atom is 0.245 e. The molecule has 178 valence electrons. The smallest absolute Gasteiger partial charge is 0.245 e. The minimum absolute atomic E-state index is 0.0291. The predicted octanol–water partition coefficient (Wildman–Crippen LogP) is 6.70. The standard InChI is InChI=1S/C27H21Br2FN2O2S/c28-17-10-8-15(9-11-17)24-18-13-32(22-7-2-1-5-20(22)30)23(33)12-16(18)14-35-27(24)25-19(29)4-3-6-21(25)31-26(27)34/h1-11,16,18,24H,12-14H2,(H,31,34)/t16-,18+,24-,27-/m1/s1. The third kappa shape index (κ3) is 3.59. The molecule has 3 aromatic carbocycles. The van der Waals surface area contributed by atoms with Crippen LogP contribution >= 0.6 is 43.6 Å². The van der Waals surface area contributed by atoms with Crippen LogP contribution in [0.4, 0.5) is 15.8 Å². The summed E-state index contributed by atoms with van der Waals surface area (Å²) in [4.78, 5) is 28.6. The Labute approximate surface area is 223 Å². The van der Waals surface area contributed by atoms with Gasteiger partial charge in [-0.15, -0.1) is 11.8 Å². The highest BCUT2D eigenvalue weighted by molar-refractivity contribution is 9.10. The molecular weight excluding hydrogens is 595 g/mol. The molecule has 3 aliphatic heterocycles. The molecule has 0 saturated carbocycles. The summed E-state index contributed by atoms with van der Waals surface area (Å²) < 4.78 is 15.8. The van der Waals surface area contributed by atoms with Crippen LogP contribution in [0.5, 0.6) is 0 Å². The van der Waals surface area contributed by atoms with Crippen LogP contribution in [-0.2, 0) is 14.3 Å². The molecule has 6 rings (SSSR count). The summed E-state index contributed by atoms with van der Waals surface area (Å²) in [6, 6.07) is 20.4. The number of para-hydroxylation sites is 1. The number of amides is 2. The number of halogens is 3. The van der Waals surface area contributed by atoms with Gasteiger partial charge in [-0.25, -0.2) is 4.39 Å². The minimum atomic E-state index is -0.855. The SMILES string of the molecule is O=C1C[C@@H]2CS[C@]3(C(=O)Nc4cccc(Br)c43)[C@H](c3ccc(Br)cc3)[C@H]2CN1c1ccccc1F. The van der Waals surface area contributed by atoms with E-state index in [2.05, 4.69) is 49.3 Å². The maximum absolute atomic E-state index is 14.8. The molecular formula is C27H21Br2FN2O2S. The highest BCUT2D eigenvalue weighted by Crippen LogP contribution is 2.64. The summed E-state index contributed by atoms with van der Waals surface area (Å²) in [5.74, 6) is 0.0217. The first-order valence-corrected chi connectivity index (χ1v) is 14.0. The van der Waals surface area contributed by atoms with Crippen molar-refractivity contribution in [1.29, 1.82) is 0 Å². The van der Waals surface area contributed by atoms with Gasteiger partial charge in [-0.05, 0) is 59.6 Å². The number of nitrogens with one attached hydrogen (secondary N) is 1. The zero-order valence-corrected chi connectivity index (χ0v) is 22.5. The van der Waals surface area contributed by atoms with Gasteiger partial charge >= 0.3 is 0 Å². The third-order valence-electron chi connectivity index (χ3n) is 7.47. The molecule has 0 aromatic heterocycles. The molecule has 4 nitrogen and oxygen atoms in total. The van der Waals surface area contributed by atoms with Crippen LogP contribution in [0.3, 0.4) is 0 Å². The lowest BCUT2D eigenvalue weighted by Gasteiger charge is -2.51. The lowest BCUT2D eigenvalue weighted by molar-refractivity contribution is -0.122. The molecule has 2 amide bonds. The normalized spacial score (nSPS) is 27.5. The Balaban J connectivity index is 1.53. The van der Waals surface area contributed by atoms with Gasteiger partial charge in [0.15, 0.2) is 0 Å². The zero-order valence-electron chi connectivity index (χ0n) is 18.5. The van der Waals surface area contributed by atoms with E-state index in [4.69, 9.17) is 0 Å². The van der Waals surface area contributed by atoms with Gasteiger partial charge < -0.3 is 10.2 Å². The summed E-state index contributed by atoms with van der Waals surface area (Å²) in [5, 5.41) is 3.13. The number of piperidine rings is 1. The van der Waals surface area contributed by atoms with E-state index in [1.54, 1.807) is 34.9 Å². The second kappa shape index (κ2) is 8.75. The predicted molar refractivity (Wildman–Crippen MR) is 144 cm³/mol. The van der Waals surface area contributed by atoms with Crippen LogP contribution in [0.2, 0.25) is 0 Å². The van der Waals surface area contributed by atoms with E-state index in [1.807, 2.05) is 30.3 Å². The van der Waals surface area contributed by atoms with Crippen molar-refractivity contribution < 1.29 is 14.0 Å². The zero-order chi connectivity index (χ0) is 24.3. The molecule has 0 radical (unpaired) electrons. The average molecular weight is 616 g/mol. The van der Waals surface area contributed by atoms with Crippen molar-refractivity contribution in [2.24, 2.45) is 11.8 Å². The molecule has 35 heavy (non-hydrogen) atoms. The number of benzene rings is 3. The van der Waals surface area contributed by atoms with Gasteiger partial charge in [0.2, 0.25) is 11.8 Å². The monoisotopic (exact) mass is 614 g/mol. The molecule has 0 aliphatic carbocycles. The van der Waals surface area contributed by atoms with E-state index in [-0.39, 0.29) is 29.6 Å². The number of thioether (sulfide) groups is 1. The number of rotatable bonds is 2. The Morgan fingerprint density at radius 1 is 1.00 bits per heavy atom. The molecule has 1 N–H and O–H groups in total. The number of carbonyl (C=O) groups excluding carboxylic acids is 2. The highest BCUT2D eigenvalue weighted by Gasteiger charge is 2.61. The Kier molecular flexibility index (Phi) is 5.81. The van der Waals surface area contributed by atoms with Gasteiger partial charge in [0.25, 0.3) is 0 Å². The number of hydrogen-bond acceptors (Lipinski definition) is 3. The number of hydrogen-bond donors (Lipinski definition) is 1. The number of fused-ring (bicyclic) bond motifs is 3. The van der Waals surface area contributed by atoms with Crippen LogP contribution in [0.15, 0.2) is 75.7 Å². The second-order valence-electron chi connectivity index (χ2n) is 9.28. The van der Waals surface area contributed by atoms with Gasteiger partial charge in [-0.1, -0.05) is 62.2 Å². The van der Waals surface area contributed by atoms with Gasteiger partial charge in [0.1, 0.15) is 10.6 Å². The Bertz CT molecular complexity index is 1350. The number of nitrogens with zero attached hydrogens (tertiary/aromatic N) is 1. The molecule has 8 heteroatoms. The molecule has 0 bridgehead atoms. The number of anilines is 2. The first-order chi connectivity index (χ1) is 16.9. The Hall–Kier alpha value is -2.16. The van der Waals surface area contributed by atoms with Crippen LogP contribution in [0.1, 0.15) is 23.5 Å². The van der Waals surface area contributed by atoms with E-state index in [0.29, 0.717) is 24.4 Å². The maximum atomic E-state index is 14.8. The molecule has 2 fully saturated rings. The highest BCUT2D eigenvalue weighted by atomic mass is 79.9. The Morgan fingerprint density at radius 3 is 2.54 bits per heavy atom. The van der Waals surface area contributed by atoms with Gasteiger partial charge in [0.05, 0.1) is 5.69 Å². The first-order valence-electron chi connectivity index (χ1n) is 11.4. The largest absolute Gasteiger partial charge is 0.324 e. The second-order valence-corrected chi connectivity index (χ2v) is 12.3. The van der Waals surface area contributed by atoms with Crippen LogP contribution < -0.4 is 10.2 Å². The van der Waals surface area contributed by atoms with Crippen molar-refractivity contribution in [3.05, 3.63) is 92.6 Å². The molecule has 4 atom stereocenters. The summed E-state index contributed by atoms with van der Waals surface area (Å²) in [5.41, 5.74) is 3.11. The Morgan fingerprint density at radius 2 is 1.77 bits per heavy atom. The molecule has 3 aliphatic rings. The fraction of sp³-hybridized carbons (Fsp3) is 0.259. The number of carbonyl (C=O) groups is 2. The van der Waals surface area contributed by atoms with E-state index >= 15 is 0 Å². The lowest BCUT2D eigenvalue weighted by atomic mass is 9.66. The molecule has 2 saturated heterocycles. The van der Waals surface area contributed by atoms with Crippen LogP contribution in [0, 0.1) is 17.7 Å². The van der Waals surface area contributed by atoms with Crippen molar-refractivity contribution in [2.45, 2.75) is 17.1 Å². The average Bonchev–Trinajstić information content (AvgIpc) is 3.13. The third-order valence-corrected chi connectivity index (χ3v) is 10.4. The van der Waals surface area contributed by atoms with Crippen LogP contribution in [0.25, 0.3) is 0 Å². The molecule has 3 heterocycles. The van der Waals surface area contributed by atoms with Gasteiger partial charge in [-0.3, -0.25) is 9.59 Å². The molecule has 0 unspecified atom stereocenters. The fourth-order valence-corrected chi connectivity index (χ4v) is 8.91. The van der Waals surface area contributed by atoms with Crippen molar-refractivity contribution in [3.63, 3.8) is 0 Å². The van der Waals surface area contributed by atoms with Crippen molar-refractivity contribution >= 4 is 66.8 Å². The van der Waals surface area contributed by atoms with Gasteiger partial charge in [0, 0.05) is 39.1 Å². The minimum Gasteiger partial charge on any atom is -0.324 e. The van der Waals surface area contributed by atoms with Crippen molar-refractivity contribution in [2.75, 3.05) is 22.5 Å². The lowest BCUT2D eigenvalue weighted by Crippen LogP contribution is -2.55. The quantitative estimate of drug-likeness (QED) is 0.349. The van der Waals surface area contributed by atoms with Crippen molar-refractivity contribution in [3.8, 4) is 0 Å². The van der Waals surface area contributed by atoms with E-state index in [9.17, 15) is 14.0 Å². The summed E-state index contributed by atoms with van der Waals surface area (Å²) in [7, 11) is 0. The molecule has 3 aromatic rings. The topological polar surface area (TPSA) is 49.4 Å². The van der Waals surface area contributed by atoms with E-state index in [0.717, 1.165) is 25.8 Å². The molecule has 1 spiro atoms. The van der Waals surface area contributed by atoms with Crippen molar-refractivity contribution in [1.82, 2.24) is 0 Å². The summed E-state index contributed by atoms with van der Waals surface area (Å²) in [6.45, 7) is 0.362. The summed E-state index contributed by atoms with van der Waals surface area (Å²) in [6.07, 6.45) is 0.333. The fourth-order valence-electron chi connectivity index (χ4n) is 5.96. The van der Waals surface area contributed by atoms with E-state index in [1.165, 1.54) is 6.07 Å². The van der Waals surface area contributed by atoms with Gasteiger partial charge in [-0.2, -0.15) is 0 Å². The van der Waals surface area contributed by atoms with E-state index < -0.39 is 10.6 Å². The van der Waals surface area contributed by atoms with Crippen LogP contribution in [-0.4, -0.2) is 24.1 Å².